The Hall–Kier alpha value is -2.10. The van der Waals surface area contributed by atoms with Crippen LogP contribution in [-0.4, -0.2) is 11.4 Å². The SMILES string of the molecule is O=Cc1ccc(OCc2cnoc2)cc1. The molecule has 0 radical (unpaired) electrons. The van der Waals surface area contributed by atoms with Crippen LogP contribution in [0.15, 0.2) is 41.2 Å². The standard InChI is InChI=1S/C11H9NO3/c13-6-9-1-3-11(4-2-9)14-7-10-5-12-15-8-10/h1-6,8H,7H2. The molecule has 4 nitrogen and oxygen atoms in total. The number of nitrogens with zero attached hydrogens (tertiary/aromatic N) is 1. The topological polar surface area (TPSA) is 52.3 Å². The van der Waals surface area contributed by atoms with Gasteiger partial charge in [0.1, 0.15) is 24.9 Å². The summed E-state index contributed by atoms with van der Waals surface area (Å²) in [7, 11) is 0. The van der Waals surface area contributed by atoms with Gasteiger partial charge >= 0.3 is 0 Å². The number of benzene rings is 1. The average molecular weight is 203 g/mol. The van der Waals surface area contributed by atoms with E-state index in [2.05, 4.69) is 9.68 Å². The van der Waals surface area contributed by atoms with E-state index in [1.807, 2.05) is 0 Å². The second kappa shape index (κ2) is 4.41. The van der Waals surface area contributed by atoms with Crippen LogP contribution in [0.3, 0.4) is 0 Å². The van der Waals surface area contributed by atoms with Crippen molar-refractivity contribution in [3.05, 3.63) is 47.9 Å². The lowest BCUT2D eigenvalue weighted by molar-refractivity contribution is 0.112. The van der Waals surface area contributed by atoms with Gasteiger partial charge in [-0.2, -0.15) is 0 Å². The third-order valence-corrected chi connectivity index (χ3v) is 1.91. The molecule has 0 saturated carbocycles. The molecule has 0 amide bonds. The van der Waals surface area contributed by atoms with Crippen molar-refractivity contribution < 1.29 is 14.1 Å². The third-order valence-electron chi connectivity index (χ3n) is 1.91. The van der Waals surface area contributed by atoms with Crippen LogP contribution in [0, 0.1) is 0 Å². The van der Waals surface area contributed by atoms with Gasteiger partial charge in [-0.3, -0.25) is 4.79 Å². The quantitative estimate of drug-likeness (QED) is 0.714. The molecule has 0 aliphatic heterocycles. The number of ether oxygens (including phenoxy) is 1. The molecule has 76 valence electrons. The Morgan fingerprint density at radius 3 is 2.73 bits per heavy atom. The summed E-state index contributed by atoms with van der Waals surface area (Å²) in [6, 6.07) is 6.90. The van der Waals surface area contributed by atoms with Gasteiger partial charge in [-0.15, -0.1) is 0 Å². The van der Waals surface area contributed by atoms with Crippen molar-refractivity contribution in [3.63, 3.8) is 0 Å². The number of aldehydes is 1. The van der Waals surface area contributed by atoms with Gasteiger partial charge in [0.25, 0.3) is 0 Å². The molecule has 15 heavy (non-hydrogen) atoms. The van der Waals surface area contributed by atoms with Gasteiger partial charge < -0.3 is 9.26 Å². The Balaban J connectivity index is 1.96. The number of carbonyl (C=O) groups is 1. The molecule has 1 aromatic carbocycles. The van der Waals surface area contributed by atoms with E-state index in [-0.39, 0.29) is 0 Å². The average Bonchev–Trinajstić information content (AvgIpc) is 2.80. The van der Waals surface area contributed by atoms with Gasteiger partial charge in [0.15, 0.2) is 0 Å². The lowest BCUT2D eigenvalue weighted by Crippen LogP contribution is -1.93. The fourth-order valence-corrected chi connectivity index (χ4v) is 1.11. The van der Waals surface area contributed by atoms with Crippen LogP contribution >= 0.6 is 0 Å². The molecule has 0 atom stereocenters. The van der Waals surface area contributed by atoms with E-state index in [0.717, 1.165) is 11.8 Å². The molecule has 1 aromatic heterocycles. The Morgan fingerprint density at radius 2 is 2.13 bits per heavy atom. The maximum Gasteiger partial charge on any atom is 0.150 e. The molecule has 0 unspecified atom stereocenters. The lowest BCUT2D eigenvalue weighted by Gasteiger charge is -2.03. The molecule has 0 N–H and O–H groups in total. The zero-order chi connectivity index (χ0) is 10.5. The first kappa shape index (κ1) is 9.45. The monoisotopic (exact) mass is 203 g/mol. The van der Waals surface area contributed by atoms with E-state index in [9.17, 15) is 4.79 Å². The summed E-state index contributed by atoms with van der Waals surface area (Å²) in [5.74, 6) is 0.710. The first-order chi connectivity index (χ1) is 7.38. The first-order valence-corrected chi connectivity index (χ1v) is 4.45. The van der Waals surface area contributed by atoms with E-state index in [1.165, 1.54) is 6.26 Å². The summed E-state index contributed by atoms with van der Waals surface area (Å²) in [5, 5.41) is 3.56. The highest BCUT2D eigenvalue weighted by molar-refractivity contribution is 5.74. The summed E-state index contributed by atoms with van der Waals surface area (Å²) in [4.78, 5) is 10.4. The van der Waals surface area contributed by atoms with Crippen molar-refractivity contribution in [2.45, 2.75) is 6.61 Å². The van der Waals surface area contributed by atoms with E-state index in [0.29, 0.717) is 17.9 Å². The molecule has 0 aliphatic carbocycles. The number of carbonyl (C=O) groups excluding carboxylic acids is 1. The van der Waals surface area contributed by atoms with Gasteiger partial charge in [-0.25, -0.2) is 0 Å². The molecule has 2 rings (SSSR count). The molecule has 1 heterocycles. The van der Waals surface area contributed by atoms with Crippen molar-refractivity contribution >= 4 is 6.29 Å². The van der Waals surface area contributed by atoms with E-state index >= 15 is 0 Å². The van der Waals surface area contributed by atoms with Crippen LogP contribution in [-0.2, 0) is 6.61 Å². The van der Waals surface area contributed by atoms with Gasteiger partial charge in [0, 0.05) is 11.1 Å². The maximum atomic E-state index is 10.4. The molecular weight excluding hydrogens is 194 g/mol. The maximum absolute atomic E-state index is 10.4. The normalized spacial score (nSPS) is 9.87. The lowest BCUT2D eigenvalue weighted by atomic mass is 10.2. The minimum atomic E-state index is 0.407. The Morgan fingerprint density at radius 1 is 1.33 bits per heavy atom. The van der Waals surface area contributed by atoms with Crippen LogP contribution in [0.5, 0.6) is 5.75 Å². The smallest absolute Gasteiger partial charge is 0.150 e. The molecule has 0 aliphatic rings. The zero-order valence-corrected chi connectivity index (χ0v) is 7.92. The van der Waals surface area contributed by atoms with Crippen molar-refractivity contribution in [1.82, 2.24) is 5.16 Å². The summed E-state index contributed by atoms with van der Waals surface area (Å²) >= 11 is 0. The van der Waals surface area contributed by atoms with Crippen molar-refractivity contribution in [1.29, 1.82) is 0 Å². The fourth-order valence-electron chi connectivity index (χ4n) is 1.11. The second-order valence-electron chi connectivity index (χ2n) is 3.01. The van der Waals surface area contributed by atoms with Crippen LogP contribution in [0.25, 0.3) is 0 Å². The van der Waals surface area contributed by atoms with Crippen LogP contribution in [0.4, 0.5) is 0 Å². The molecule has 0 spiro atoms. The van der Waals surface area contributed by atoms with E-state index < -0.39 is 0 Å². The minimum Gasteiger partial charge on any atom is -0.489 e. The predicted molar refractivity (Wildman–Crippen MR) is 52.7 cm³/mol. The summed E-state index contributed by atoms with van der Waals surface area (Å²) in [6.07, 6.45) is 3.92. The number of hydrogen-bond acceptors (Lipinski definition) is 4. The predicted octanol–water partition coefficient (Wildman–Crippen LogP) is 2.07. The third kappa shape index (κ3) is 2.43. The summed E-state index contributed by atoms with van der Waals surface area (Å²) in [5.41, 5.74) is 1.50. The van der Waals surface area contributed by atoms with E-state index in [4.69, 9.17) is 4.74 Å². The second-order valence-corrected chi connectivity index (χ2v) is 3.01. The number of rotatable bonds is 4. The van der Waals surface area contributed by atoms with Gasteiger partial charge in [0.05, 0.1) is 6.20 Å². The molecule has 0 bridgehead atoms. The van der Waals surface area contributed by atoms with Crippen LogP contribution in [0.1, 0.15) is 15.9 Å². The number of aromatic nitrogens is 1. The summed E-state index contributed by atoms with van der Waals surface area (Å²) < 4.78 is 10.1. The molecular formula is C11H9NO3. The van der Waals surface area contributed by atoms with Gasteiger partial charge in [0.2, 0.25) is 0 Å². The van der Waals surface area contributed by atoms with Crippen molar-refractivity contribution in [2.75, 3.05) is 0 Å². The molecule has 4 heteroatoms. The van der Waals surface area contributed by atoms with E-state index in [1.54, 1.807) is 30.5 Å². The molecule has 0 saturated heterocycles. The minimum absolute atomic E-state index is 0.407. The van der Waals surface area contributed by atoms with Crippen molar-refractivity contribution in [2.24, 2.45) is 0 Å². The van der Waals surface area contributed by atoms with Crippen molar-refractivity contribution in [3.8, 4) is 5.75 Å². The first-order valence-electron chi connectivity index (χ1n) is 4.45. The molecule has 0 fully saturated rings. The Kier molecular flexibility index (Phi) is 2.78. The highest BCUT2D eigenvalue weighted by Gasteiger charge is 1.98. The van der Waals surface area contributed by atoms with Gasteiger partial charge in [-0.05, 0) is 24.3 Å². The van der Waals surface area contributed by atoms with Gasteiger partial charge in [-0.1, -0.05) is 5.16 Å². The molecule has 2 aromatic rings. The zero-order valence-electron chi connectivity index (χ0n) is 7.92. The highest BCUT2D eigenvalue weighted by Crippen LogP contribution is 2.13. The van der Waals surface area contributed by atoms with Crippen LogP contribution in [0.2, 0.25) is 0 Å². The summed E-state index contributed by atoms with van der Waals surface area (Å²) in [6.45, 7) is 0.407. The number of hydrogen-bond donors (Lipinski definition) is 0. The Labute approximate surface area is 86.5 Å². The fraction of sp³-hybridized carbons (Fsp3) is 0.0909. The van der Waals surface area contributed by atoms with Crippen LogP contribution < -0.4 is 4.74 Å². The Bertz CT molecular complexity index is 420. The largest absolute Gasteiger partial charge is 0.489 e. The highest BCUT2D eigenvalue weighted by atomic mass is 16.5.